The van der Waals surface area contributed by atoms with Crippen LogP contribution in [0.3, 0.4) is 0 Å². The van der Waals surface area contributed by atoms with Gasteiger partial charge in [-0.2, -0.15) is 0 Å². The maximum absolute atomic E-state index is 5.84. The lowest BCUT2D eigenvalue weighted by atomic mass is 10.4. The van der Waals surface area contributed by atoms with Crippen LogP contribution in [0.5, 0.6) is 0 Å². The summed E-state index contributed by atoms with van der Waals surface area (Å²) in [4.78, 5) is 4.05. The molecule has 1 aromatic heterocycles. The molecule has 0 unspecified atom stereocenters. The zero-order chi connectivity index (χ0) is 8.97. The second kappa shape index (κ2) is 4.48. The number of hydrogen-bond acceptors (Lipinski definition) is 2. The largest absolute Gasteiger partial charge is 0.364 e. The lowest BCUT2D eigenvalue weighted by Crippen LogP contribution is -2.02. The van der Waals surface area contributed by atoms with Crippen molar-refractivity contribution in [1.29, 1.82) is 0 Å². The van der Waals surface area contributed by atoms with Crippen LogP contribution in [0.2, 0.25) is 5.02 Å². The van der Waals surface area contributed by atoms with Crippen LogP contribution in [-0.2, 0) is 0 Å². The number of nitrogens with one attached hydrogen (secondary N) is 1. The maximum Gasteiger partial charge on any atom is 0.145 e. The third kappa shape index (κ3) is 2.83. The summed E-state index contributed by atoms with van der Waals surface area (Å²) in [5.74, 6) is 0.680. The molecule has 0 saturated carbocycles. The summed E-state index contributed by atoms with van der Waals surface area (Å²) in [6, 6.07) is 3.57. The molecule has 0 saturated heterocycles. The van der Waals surface area contributed by atoms with Crippen LogP contribution in [0.15, 0.2) is 29.4 Å². The zero-order valence-electron chi connectivity index (χ0n) is 6.35. The lowest BCUT2D eigenvalue weighted by Gasteiger charge is -2.04. The van der Waals surface area contributed by atoms with Crippen LogP contribution >= 0.6 is 27.5 Å². The first-order valence-corrected chi connectivity index (χ1v) is 4.55. The van der Waals surface area contributed by atoms with E-state index in [9.17, 15) is 0 Å². The Morgan fingerprint density at radius 2 is 2.50 bits per heavy atom. The normalized spacial score (nSPS) is 9.50. The van der Waals surface area contributed by atoms with Crippen molar-refractivity contribution in [2.45, 2.75) is 0 Å². The molecule has 0 bridgehead atoms. The molecule has 1 heterocycles. The summed E-state index contributed by atoms with van der Waals surface area (Å²) >= 11 is 9.07. The first kappa shape index (κ1) is 9.55. The smallest absolute Gasteiger partial charge is 0.145 e. The van der Waals surface area contributed by atoms with E-state index in [4.69, 9.17) is 11.6 Å². The van der Waals surface area contributed by atoms with Crippen LogP contribution in [0.1, 0.15) is 0 Å². The van der Waals surface area contributed by atoms with Gasteiger partial charge >= 0.3 is 0 Å². The van der Waals surface area contributed by atoms with Crippen molar-refractivity contribution in [3.8, 4) is 0 Å². The number of nitrogens with zero attached hydrogens (tertiary/aromatic N) is 1. The number of anilines is 1. The predicted molar refractivity (Wildman–Crippen MR) is 55.8 cm³/mol. The van der Waals surface area contributed by atoms with Gasteiger partial charge < -0.3 is 5.32 Å². The van der Waals surface area contributed by atoms with Crippen molar-refractivity contribution in [3.63, 3.8) is 0 Å². The Morgan fingerprint density at radius 1 is 1.75 bits per heavy atom. The van der Waals surface area contributed by atoms with E-state index in [1.807, 2.05) is 0 Å². The average molecular weight is 248 g/mol. The average Bonchev–Trinajstić information content (AvgIpc) is 2.03. The van der Waals surface area contributed by atoms with Gasteiger partial charge in [0, 0.05) is 17.2 Å². The Balaban J connectivity index is 2.63. The van der Waals surface area contributed by atoms with Gasteiger partial charge in [-0.25, -0.2) is 4.98 Å². The second-order valence-corrected chi connectivity index (χ2v) is 3.73. The fraction of sp³-hybridized carbons (Fsp3) is 0.125. The number of halogens is 2. The van der Waals surface area contributed by atoms with Gasteiger partial charge in [-0.05, 0) is 12.1 Å². The fourth-order valence-corrected chi connectivity index (χ4v) is 1.02. The Bertz CT molecular complexity index is 288. The monoisotopic (exact) mass is 246 g/mol. The highest BCUT2D eigenvalue weighted by molar-refractivity contribution is 9.11. The van der Waals surface area contributed by atoms with E-state index in [1.165, 1.54) is 0 Å². The predicted octanol–water partition coefficient (Wildman–Crippen LogP) is 3.06. The Labute approximate surface area is 84.8 Å². The van der Waals surface area contributed by atoms with Crippen LogP contribution < -0.4 is 5.32 Å². The van der Waals surface area contributed by atoms with Gasteiger partial charge in [-0.15, -0.1) is 0 Å². The van der Waals surface area contributed by atoms with Crippen LogP contribution in [0, 0.1) is 0 Å². The molecular weight excluding hydrogens is 239 g/mol. The molecule has 0 aromatic carbocycles. The lowest BCUT2D eigenvalue weighted by molar-refractivity contribution is 1.22. The van der Waals surface area contributed by atoms with E-state index < -0.39 is 0 Å². The van der Waals surface area contributed by atoms with Crippen molar-refractivity contribution in [3.05, 3.63) is 34.4 Å². The molecule has 0 fully saturated rings. The SMILES string of the molecule is C=C(Br)CNc1ncccc1Cl. The molecule has 12 heavy (non-hydrogen) atoms. The summed E-state index contributed by atoms with van der Waals surface area (Å²) in [6.45, 7) is 4.30. The molecule has 4 heteroatoms. The zero-order valence-corrected chi connectivity index (χ0v) is 8.69. The van der Waals surface area contributed by atoms with E-state index in [0.29, 0.717) is 17.4 Å². The van der Waals surface area contributed by atoms with E-state index >= 15 is 0 Å². The third-order valence-corrected chi connectivity index (χ3v) is 1.79. The Kier molecular flexibility index (Phi) is 3.56. The molecule has 2 nitrogen and oxygen atoms in total. The summed E-state index contributed by atoms with van der Waals surface area (Å²) in [5, 5.41) is 3.64. The van der Waals surface area contributed by atoms with E-state index in [2.05, 4.69) is 32.8 Å². The summed E-state index contributed by atoms with van der Waals surface area (Å²) in [6.07, 6.45) is 1.69. The molecule has 0 radical (unpaired) electrons. The Hall–Kier alpha value is -0.540. The highest BCUT2D eigenvalue weighted by atomic mass is 79.9. The quantitative estimate of drug-likeness (QED) is 0.888. The molecular formula is C8H8BrClN2. The highest BCUT2D eigenvalue weighted by Gasteiger charge is 1.98. The van der Waals surface area contributed by atoms with Crippen LogP contribution in [-0.4, -0.2) is 11.5 Å². The highest BCUT2D eigenvalue weighted by Crippen LogP contribution is 2.17. The Morgan fingerprint density at radius 3 is 3.08 bits per heavy atom. The van der Waals surface area contributed by atoms with Gasteiger partial charge in [0.05, 0.1) is 5.02 Å². The van der Waals surface area contributed by atoms with Crippen molar-refractivity contribution in [2.75, 3.05) is 11.9 Å². The molecule has 1 aromatic rings. The molecule has 64 valence electrons. The van der Waals surface area contributed by atoms with Gasteiger partial charge in [0.15, 0.2) is 0 Å². The van der Waals surface area contributed by atoms with Crippen molar-refractivity contribution < 1.29 is 0 Å². The molecule has 0 aliphatic rings. The first-order valence-electron chi connectivity index (χ1n) is 3.38. The molecule has 0 aliphatic carbocycles. The van der Waals surface area contributed by atoms with Crippen LogP contribution in [0.25, 0.3) is 0 Å². The minimum Gasteiger partial charge on any atom is -0.364 e. The van der Waals surface area contributed by atoms with Gasteiger partial charge in [0.2, 0.25) is 0 Å². The summed E-state index contributed by atoms with van der Waals surface area (Å²) < 4.78 is 0.865. The topological polar surface area (TPSA) is 24.9 Å². The van der Waals surface area contributed by atoms with E-state index in [1.54, 1.807) is 18.3 Å². The van der Waals surface area contributed by atoms with Gasteiger partial charge in [0.1, 0.15) is 5.82 Å². The molecule has 0 amide bonds. The first-order chi connectivity index (χ1) is 5.70. The minimum atomic E-state index is 0.617. The van der Waals surface area contributed by atoms with Crippen LogP contribution in [0.4, 0.5) is 5.82 Å². The molecule has 0 aliphatic heterocycles. The third-order valence-electron chi connectivity index (χ3n) is 1.21. The molecule has 1 rings (SSSR count). The number of pyridine rings is 1. The summed E-state index contributed by atoms with van der Waals surface area (Å²) in [5.41, 5.74) is 0. The van der Waals surface area contributed by atoms with E-state index in [0.717, 1.165) is 4.48 Å². The van der Waals surface area contributed by atoms with E-state index in [-0.39, 0.29) is 0 Å². The fourth-order valence-electron chi connectivity index (χ4n) is 0.695. The second-order valence-electron chi connectivity index (χ2n) is 2.20. The molecule has 0 spiro atoms. The molecule has 1 N–H and O–H groups in total. The standard InChI is InChI=1S/C8H8BrClN2/c1-6(9)5-12-8-7(10)3-2-4-11-8/h2-4H,1,5H2,(H,11,12). The van der Waals surface area contributed by atoms with Crippen molar-refractivity contribution in [2.24, 2.45) is 0 Å². The minimum absolute atomic E-state index is 0.617. The summed E-state index contributed by atoms with van der Waals surface area (Å²) in [7, 11) is 0. The van der Waals surface area contributed by atoms with Crippen molar-refractivity contribution in [1.82, 2.24) is 4.98 Å². The van der Waals surface area contributed by atoms with Gasteiger partial charge in [-0.1, -0.05) is 34.1 Å². The number of hydrogen-bond donors (Lipinski definition) is 1. The molecule has 0 atom stereocenters. The van der Waals surface area contributed by atoms with Gasteiger partial charge in [-0.3, -0.25) is 0 Å². The van der Waals surface area contributed by atoms with Gasteiger partial charge in [0.25, 0.3) is 0 Å². The number of aromatic nitrogens is 1. The maximum atomic E-state index is 5.84. The number of rotatable bonds is 3. The van der Waals surface area contributed by atoms with Crippen molar-refractivity contribution >= 4 is 33.3 Å².